The summed E-state index contributed by atoms with van der Waals surface area (Å²) in [5.41, 5.74) is 0.0537. The minimum atomic E-state index is -0.549. The fourth-order valence-corrected chi connectivity index (χ4v) is 3.16. The summed E-state index contributed by atoms with van der Waals surface area (Å²) in [7, 11) is 5.25. The van der Waals surface area contributed by atoms with Crippen molar-refractivity contribution in [2.24, 2.45) is 4.99 Å². The van der Waals surface area contributed by atoms with E-state index in [1.54, 1.807) is 26.0 Å². The molecular weight excluding hydrogens is 366 g/mol. The van der Waals surface area contributed by atoms with Crippen molar-refractivity contribution in [3.05, 3.63) is 35.4 Å². The fourth-order valence-electron chi connectivity index (χ4n) is 3.16. The van der Waals surface area contributed by atoms with E-state index in [-0.39, 0.29) is 11.7 Å². The van der Waals surface area contributed by atoms with E-state index in [0.717, 1.165) is 25.9 Å². The van der Waals surface area contributed by atoms with Crippen molar-refractivity contribution in [2.45, 2.75) is 31.4 Å². The first-order valence-corrected chi connectivity index (χ1v) is 9.77. The zero-order chi connectivity index (χ0) is 20.4. The lowest BCUT2D eigenvalue weighted by Gasteiger charge is -2.26. The second kappa shape index (κ2) is 11.9. The van der Waals surface area contributed by atoms with Gasteiger partial charge in [0, 0.05) is 38.9 Å². The topological polar surface area (TPSA) is 58.1 Å². The molecule has 0 saturated carbocycles. The first-order valence-electron chi connectivity index (χ1n) is 9.77. The van der Waals surface area contributed by atoms with Crippen LogP contribution >= 0.6 is 0 Å². The van der Waals surface area contributed by atoms with Crippen LogP contribution in [0.15, 0.2) is 23.2 Å². The van der Waals surface area contributed by atoms with Crippen molar-refractivity contribution >= 4 is 5.96 Å². The van der Waals surface area contributed by atoms with E-state index in [2.05, 4.69) is 15.6 Å². The van der Waals surface area contributed by atoms with E-state index < -0.39 is 17.7 Å². The Morgan fingerprint density at radius 1 is 1.32 bits per heavy atom. The molecule has 0 aliphatic carbocycles. The van der Waals surface area contributed by atoms with E-state index in [1.807, 2.05) is 0 Å². The molecule has 1 saturated heterocycles. The van der Waals surface area contributed by atoms with Gasteiger partial charge in [0.1, 0.15) is 11.6 Å². The number of rotatable bonds is 10. The molecule has 0 radical (unpaired) electrons. The van der Waals surface area contributed by atoms with Crippen molar-refractivity contribution in [3.8, 4) is 0 Å². The van der Waals surface area contributed by atoms with Crippen LogP contribution in [0.25, 0.3) is 0 Å². The fraction of sp³-hybridized carbons (Fsp3) is 0.650. The average Bonchev–Trinajstić information content (AvgIpc) is 3.18. The summed E-state index contributed by atoms with van der Waals surface area (Å²) in [6, 6.07) is 3.46. The molecule has 2 atom stereocenters. The lowest BCUT2D eigenvalue weighted by Crippen LogP contribution is -2.42. The number of ether oxygens (including phenoxy) is 2. The lowest BCUT2D eigenvalue weighted by atomic mass is 10.0. The van der Waals surface area contributed by atoms with Gasteiger partial charge in [-0.2, -0.15) is 0 Å². The molecule has 1 aromatic rings. The standard InChI is InChI=1S/C20H32F2N4O2/c1-23-20(24-10-6-11-27-14-15-7-5-12-28-15)25-13-18(26(2)3)19-16(21)8-4-9-17(19)22/h4,8-9,15,18H,5-7,10-14H2,1-3H3,(H2,23,24,25). The van der Waals surface area contributed by atoms with Gasteiger partial charge in [-0.25, -0.2) is 8.78 Å². The molecule has 1 aliphatic rings. The second-order valence-electron chi connectivity index (χ2n) is 7.06. The maximum absolute atomic E-state index is 14.1. The van der Waals surface area contributed by atoms with Gasteiger partial charge in [0.15, 0.2) is 5.96 Å². The largest absolute Gasteiger partial charge is 0.379 e. The Morgan fingerprint density at radius 3 is 2.68 bits per heavy atom. The summed E-state index contributed by atoms with van der Waals surface area (Å²) < 4.78 is 39.4. The van der Waals surface area contributed by atoms with Gasteiger partial charge in [-0.05, 0) is 45.5 Å². The highest BCUT2D eigenvalue weighted by molar-refractivity contribution is 5.79. The van der Waals surface area contributed by atoms with E-state index in [1.165, 1.54) is 18.2 Å². The molecule has 1 aliphatic heterocycles. The van der Waals surface area contributed by atoms with Gasteiger partial charge in [-0.1, -0.05) is 6.07 Å². The summed E-state index contributed by atoms with van der Waals surface area (Å²) in [6.07, 6.45) is 3.25. The lowest BCUT2D eigenvalue weighted by molar-refractivity contribution is 0.0168. The van der Waals surface area contributed by atoms with Gasteiger partial charge in [0.2, 0.25) is 0 Å². The number of nitrogens with one attached hydrogen (secondary N) is 2. The SMILES string of the molecule is CN=C(NCCCOCC1CCCO1)NCC(c1c(F)cccc1F)N(C)C. The molecule has 28 heavy (non-hydrogen) atoms. The number of hydrogen-bond donors (Lipinski definition) is 2. The minimum Gasteiger partial charge on any atom is -0.379 e. The van der Waals surface area contributed by atoms with Crippen LogP contribution in [-0.2, 0) is 9.47 Å². The Morgan fingerprint density at radius 2 is 2.07 bits per heavy atom. The molecule has 1 heterocycles. The quantitative estimate of drug-likeness (QED) is 0.360. The monoisotopic (exact) mass is 398 g/mol. The highest BCUT2D eigenvalue weighted by atomic mass is 19.1. The number of aliphatic imine (C=N–C) groups is 1. The molecule has 0 spiro atoms. The molecule has 0 bridgehead atoms. The Balaban J connectivity index is 1.73. The molecule has 0 amide bonds. The first-order chi connectivity index (χ1) is 13.5. The van der Waals surface area contributed by atoms with Gasteiger partial charge < -0.3 is 25.0 Å². The predicted octanol–water partition coefficient (Wildman–Crippen LogP) is 2.32. The van der Waals surface area contributed by atoms with Crippen LogP contribution in [0.2, 0.25) is 0 Å². The number of benzene rings is 1. The Labute approximate surface area is 166 Å². The van der Waals surface area contributed by atoms with Crippen LogP contribution in [0.5, 0.6) is 0 Å². The molecule has 0 aromatic heterocycles. The summed E-state index contributed by atoms with van der Waals surface area (Å²) in [5, 5.41) is 6.34. The van der Waals surface area contributed by atoms with Gasteiger partial charge in [0.05, 0.1) is 18.8 Å². The Bertz CT molecular complexity index is 602. The third kappa shape index (κ3) is 7.00. The van der Waals surface area contributed by atoms with Crippen LogP contribution in [0.4, 0.5) is 8.78 Å². The van der Waals surface area contributed by atoms with E-state index in [9.17, 15) is 8.78 Å². The van der Waals surface area contributed by atoms with Crippen LogP contribution in [0, 0.1) is 11.6 Å². The molecule has 6 nitrogen and oxygen atoms in total. The third-order valence-electron chi connectivity index (χ3n) is 4.73. The Kier molecular flexibility index (Phi) is 9.60. The van der Waals surface area contributed by atoms with Crippen molar-refractivity contribution in [3.63, 3.8) is 0 Å². The third-order valence-corrected chi connectivity index (χ3v) is 4.73. The van der Waals surface area contributed by atoms with Crippen molar-refractivity contribution in [1.29, 1.82) is 0 Å². The molecule has 2 rings (SSSR count). The molecular formula is C20H32F2N4O2. The van der Waals surface area contributed by atoms with E-state index in [4.69, 9.17) is 9.47 Å². The van der Waals surface area contributed by atoms with Crippen molar-refractivity contribution < 1.29 is 18.3 Å². The average molecular weight is 398 g/mol. The molecule has 2 N–H and O–H groups in total. The minimum absolute atomic E-state index is 0.0537. The van der Waals surface area contributed by atoms with Crippen LogP contribution < -0.4 is 10.6 Å². The van der Waals surface area contributed by atoms with E-state index >= 15 is 0 Å². The summed E-state index contributed by atoms with van der Waals surface area (Å²) in [4.78, 5) is 5.94. The van der Waals surface area contributed by atoms with Gasteiger partial charge in [-0.3, -0.25) is 4.99 Å². The number of likely N-dealkylation sites (N-methyl/N-ethyl adjacent to an activating group) is 1. The normalized spacial score (nSPS) is 18.5. The van der Waals surface area contributed by atoms with Gasteiger partial charge in [-0.15, -0.1) is 0 Å². The Hall–Kier alpha value is -1.77. The smallest absolute Gasteiger partial charge is 0.191 e. The van der Waals surface area contributed by atoms with Crippen LogP contribution in [0.3, 0.4) is 0 Å². The summed E-state index contributed by atoms with van der Waals surface area (Å²) in [6.45, 7) is 3.13. The zero-order valence-electron chi connectivity index (χ0n) is 17.0. The molecule has 1 aromatic carbocycles. The van der Waals surface area contributed by atoms with E-state index in [0.29, 0.717) is 32.3 Å². The highest BCUT2D eigenvalue weighted by Gasteiger charge is 2.22. The van der Waals surface area contributed by atoms with Gasteiger partial charge >= 0.3 is 0 Å². The van der Waals surface area contributed by atoms with Crippen molar-refractivity contribution in [2.75, 3.05) is 54.1 Å². The molecule has 1 fully saturated rings. The zero-order valence-corrected chi connectivity index (χ0v) is 17.0. The molecule has 158 valence electrons. The highest BCUT2D eigenvalue weighted by Crippen LogP contribution is 2.23. The maximum Gasteiger partial charge on any atom is 0.191 e. The second-order valence-corrected chi connectivity index (χ2v) is 7.06. The summed E-state index contributed by atoms with van der Waals surface area (Å²) >= 11 is 0. The maximum atomic E-state index is 14.1. The number of nitrogens with zero attached hydrogens (tertiary/aromatic N) is 2. The van der Waals surface area contributed by atoms with Crippen LogP contribution in [0.1, 0.15) is 30.9 Å². The first kappa shape index (κ1) is 22.5. The van der Waals surface area contributed by atoms with Gasteiger partial charge in [0.25, 0.3) is 0 Å². The number of hydrogen-bond acceptors (Lipinski definition) is 4. The number of halogens is 2. The summed E-state index contributed by atoms with van der Waals surface area (Å²) in [5.74, 6) is -0.513. The van der Waals surface area contributed by atoms with Crippen LogP contribution in [-0.4, -0.2) is 71.0 Å². The number of guanidine groups is 1. The predicted molar refractivity (Wildman–Crippen MR) is 107 cm³/mol. The van der Waals surface area contributed by atoms with Crippen molar-refractivity contribution in [1.82, 2.24) is 15.5 Å². The molecule has 8 heteroatoms. The molecule has 2 unspecified atom stereocenters.